The van der Waals surface area contributed by atoms with Crippen molar-refractivity contribution < 1.29 is 22.7 Å². The number of sulfonamides is 1. The highest BCUT2D eigenvalue weighted by Gasteiger charge is 2.27. The summed E-state index contributed by atoms with van der Waals surface area (Å²) in [5, 5.41) is 0. The molecular formula is C20H33NO5S. The minimum atomic E-state index is -3.66. The maximum absolute atomic E-state index is 13.0. The maximum Gasteiger partial charge on any atom is 0.243 e. The van der Waals surface area contributed by atoms with E-state index in [2.05, 4.69) is 0 Å². The van der Waals surface area contributed by atoms with Crippen LogP contribution in [0.25, 0.3) is 0 Å². The second-order valence-electron chi connectivity index (χ2n) is 8.13. The number of hydrogen-bond donors (Lipinski definition) is 0. The summed E-state index contributed by atoms with van der Waals surface area (Å²) in [5.74, 6) is 0.692. The predicted molar refractivity (Wildman–Crippen MR) is 107 cm³/mol. The van der Waals surface area contributed by atoms with Crippen molar-refractivity contribution in [3.05, 3.63) is 22.8 Å². The normalized spacial score (nSPS) is 12.5. The number of rotatable bonds is 9. The Hall–Kier alpha value is -1.44. The fourth-order valence-corrected chi connectivity index (χ4v) is 4.56. The molecule has 0 unspecified atom stereocenters. The van der Waals surface area contributed by atoms with Gasteiger partial charge in [0.05, 0.1) is 18.6 Å². The van der Waals surface area contributed by atoms with Crippen LogP contribution in [0.15, 0.2) is 11.0 Å². The second-order valence-corrected chi connectivity index (χ2v) is 10.1. The zero-order valence-corrected chi connectivity index (χ0v) is 18.6. The van der Waals surface area contributed by atoms with Crippen molar-refractivity contribution in [3.63, 3.8) is 0 Å². The zero-order chi connectivity index (χ0) is 21.0. The van der Waals surface area contributed by atoms with Crippen LogP contribution in [0.3, 0.4) is 0 Å². The summed E-state index contributed by atoms with van der Waals surface area (Å²) >= 11 is 0. The third kappa shape index (κ3) is 6.30. The smallest absolute Gasteiger partial charge is 0.243 e. The quantitative estimate of drug-likeness (QED) is 0.596. The van der Waals surface area contributed by atoms with Gasteiger partial charge in [-0.25, -0.2) is 8.42 Å². The molecule has 0 fully saturated rings. The molecule has 0 aromatic heterocycles. The minimum Gasteiger partial charge on any atom is -0.496 e. The molecule has 0 heterocycles. The first kappa shape index (κ1) is 23.6. The van der Waals surface area contributed by atoms with E-state index in [1.165, 1.54) is 11.4 Å². The third-order valence-electron chi connectivity index (χ3n) is 4.41. The standard InChI is InChI=1S/C20H33NO5S/c1-14-11-18(25-8)15(2)16(3)19(14)27(23,24)21(7)9-10-26-13-17(22)12-20(4,5)6/h11H,9-10,12-13H2,1-8H3. The second kappa shape index (κ2) is 9.17. The van der Waals surface area contributed by atoms with Crippen LogP contribution in [0.1, 0.15) is 43.9 Å². The molecule has 1 aromatic rings. The molecule has 27 heavy (non-hydrogen) atoms. The minimum absolute atomic E-state index is 0.00482. The molecule has 0 spiro atoms. The number of ether oxygens (including phenoxy) is 2. The fraction of sp³-hybridized carbons (Fsp3) is 0.650. The Bertz CT molecular complexity index is 779. The third-order valence-corrected chi connectivity index (χ3v) is 6.55. The number of methoxy groups -OCH3 is 1. The molecule has 0 aliphatic heterocycles. The van der Waals surface area contributed by atoms with E-state index >= 15 is 0 Å². The topological polar surface area (TPSA) is 72.9 Å². The van der Waals surface area contributed by atoms with E-state index in [1.54, 1.807) is 27.0 Å². The number of carbonyl (C=O) groups is 1. The molecule has 0 saturated heterocycles. The van der Waals surface area contributed by atoms with Crippen molar-refractivity contribution in [2.75, 3.05) is 33.9 Å². The molecule has 0 aliphatic rings. The van der Waals surface area contributed by atoms with Gasteiger partial charge in [-0.15, -0.1) is 0 Å². The van der Waals surface area contributed by atoms with Crippen molar-refractivity contribution in [1.29, 1.82) is 0 Å². The Kier molecular flexibility index (Phi) is 8.01. The number of nitrogens with zero attached hydrogens (tertiary/aromatic N) is 1. The van der Waals surface area contributed by atoms with Crippen molar-refractivity contribution in [2.45, 2.75) is 52.9 Å². The van der Waals surface area contributed by atoms with E-state index in [9.17, 15) is 13.2 Å². The lowest BCUT2D eigenvalue weighted by molar-refractivity contribution is -0.125. The Morgan fingerprint density at radius 1 is 1.15 bits per heavy atom. The number of Topliss-reactive ketones (excluding diaryl/α,β-unsaturated/α-hetero) is 1. The van der Waals surface area contributed by atoms with E-state index in [0.29, 0.717) is 28.2 Å². The molecule has 7 heteroatoms. The number of hydrogen-bond acceptors (Lipinski definition) is 5. The summed E-state index contributed by atoms with van der Waals surface area (Å²) in [5.41, 5.74) is 2.05. The van der Waals surface area contributed by atoms with Crippen molar-refractivity contribution in [1.82, 2.24) is 4.31 Å². The van der Waals surface area contributed by atoms with Gasteiger partial charge in [-0.1, -0.05) is 20.8 Å². The van der Waals surface area contributed by atoms with Crippen LogP contribution < -0.4 is 4.74 Å². The molecule has 1 aromatic carbocycles. The van der Waals surface area contributed by atoms with Gasteiger partial charge in [0.15, 0.2) is 5.78 Å². The van der Waals surface area contributed by atoms with Gasteiger partial charge < -0.3 is 9.47 Å². The van der Waals surface area contributed by atoms with Crippen molar-refractivity contribution in [3.8, 4) is 5.75 Å². The maximum atomic E-state index is 13.0. The summed E-state index contributed by atoms with van der Waals surface area (Å²) in [6.07, 6.45) is 0.435. The first-order valence-corrected chi connectivity index (χ1v) is 10.5. The highest BCUT2D eigenvalue weighted by molar-refractivity contribution is 7.89. The Morgan fingerprint density at radius 2 is 1.74 bits per heavy atom. The van der Waals surface area contributed by atoms with Crippen molar-refractivity contribution in [2.24, 2.45) is 5.41 Å². The van der Waals surface area contributed by atoms with Crippen LogP contribution in [0.4, 0.5) is 0 Å². The lowest BCUT2D eigenvalue weighted by atomic mass is 9.90. The monoisotopic (exact) mass is 399 g/mol. The summed E-state index contributed by atoms with van der Waals surface area (Å²) in [4.78, 5) is 12.1. The molecule has 0 radical (unpaired) electrons. The predicted octanol–water partition coefficient (Wildman–Crippen LogP) is 3.26. The fourth-order valence-electron chi connectivity index (χ4n) is 2.93. The highest BCUT2D eigenvalue weighted by atomic mass is 32.2. The van der Waals surface area contributed by atoms with Crippen LogP contribution in [0, 0.1) is 26.2 Å². The highest BCUT2D eigenvalue weighted by Crippen LogP contribution is 2.31. The molecule has 0 N–H and O–H groups in total. The summed E-state index contributed by atoms with van der Waals surface area (Å²) < 4.78 is 38.0. The largest absolute Gasteiger partial charge is 0.496 e. The van der Waals surface area contributed by atoms with Crippen LogP contribution in [0.2, 0.25) is 0 Å². The van der Waals surface area contributed by atoms with Gasteiger partial charge in [0, 0.05) is 20.0 Å². The van der Waals surface area contributed by atoms with Gasteiger partial charge in [-0.05, 0) is 48.9 Å². The van der Waals surface area contributed by atoms with Gasteiger partial charge in [-0.2, -0.15) is 4.31 Å². The molecular weight excluding hydrogens is 366 g/mol. The number of carbonyl (C=O) groups excluding carboxylic acids is 1. The molecule has 0 amide bonds. The van der Waals surface area contributed by atoms with E-state index in [1.807, 2.05) is 27.7 Å². The Balaban J connectivity index is 2.80. The Labute approximate surface area is 163 Å². The summed E-state index contributed by atoms with van der Waals surface area (Å²) in [7, 11) is -0.573. The van der Waals surface area contributed by atoms with Gasteiger partial charge in [-0.3, -0.25) is 4.79 Å². The number of ketones is 1. The van der Waals surface area contributed by atoms with Crippen LogP contribution in [0.5, 0.6) is 5.75 Å². The number of aryl methyl sites for hydroxylation is 1. The van der Waals surface area contributed by atoms with Crippen molar-refractivity contribution >= 4 is 15.8 Å². The molecule has 1 rings (SSSR count). The molecule has 154 valence electrons. The van der Waals surface area contributed by atoms with E-state index in [0.717, 1.165) is 5.56 Å². The summed E-state index contributed by atoms with van der Waals surface area (Å²) in [6, 6.07) is 1.74. The molecule has 6 nitrogen and oxygen atoms in total. The van der Waals surface area contributed by atoms with Gasteiger partial charge in [0.2, 0.25) is 10.0 Å². The average Bonchev–Trinajstić information content (AvgIpc) is 2.52. The van der Waals surface area contributed by atoms with E-state index < -0.39 is 10.0 Å². The van der Waals surface area contributed by atoms with E-state index in [-0.39, 0.29) is 31.0 Å². The first-order valence-electron chi connectivity index (χ1n) is 9.02. The first-order chi connectivity index (χ1) is 12.3. The molecule has 0 aliphatic carbocycles. The lowest BCUT2D eigenvalue weighted by Crippen LogP contribution is -2.32. The summed E-state index contributed by atoms with van der Waals surface area (Å²) in [6.45, 7) is 11.7. The average molecular weight is 400 g/mol. The number of benzene rings is 1. The van der Waals surface area contributed by atoms with Crippen LogP contribution in [-0.4, -0.2) is 52.4 Å². The Morgan fingerprint density at radius 3 is 2.26 bits per heavy atom. The van der Waals surface area contributed by atoms with Gasteiger partial charge in [0.1, 0.15) is 12.4 Å². The molecule has 0 atom stereocenters. The van der Waals surface area contributed by atoms with Crippen LogP contribution >= 0.6 is 0 Å². The SMILES string of the molecule is COc1cc(C)c(S(=O)(=O)N(C)CCOCC(=O)CC(C)(C)C)c(C)c1C. The molecule has 0 bridgehead atoms. The van der Waals surface area contributed by atoms with Gasteiger partial charge in [0.25, 0.3) is 0 Å². The molecule has 0 saturated carbocycles. The van der Waals surface area contributed by atoms with Gasteiger partial charge >= 0.3 is 0 Å². The zero-order valence-electron chi connectivity index (χ0n) is 17.8. The number of likely N-dealkylation sites (N-methyl/N-ethyl adjacent to an activating group) is 1. The lowest BCUT2D eigenvalue weighted by Gasteiger charge is -2.22. The van der Waals surface area contributed by atoms with E-state index in [4.69, 9.17) is 9.47 Å². The van der Waals surface area contributed by atoms with Crippen LogP contribution in [-0.2, 0) is 19.6 Å².